The first kappa shape index (κ1) is 19.1. The molecule has 25 heavy (non-hydrogen) atoms. The van der Waals surface area contributed by atoms with Crippen molar-refractivity contribution in [1.82, 2.24) is 15.2 Å². The first-order chi connectivity index (χ1) is 12.1. The second-order valence-electron chi connectivity index (χ2n) is 5.49. The van der Waals surface area contributed by atoms with E-state index in [-0.39, 0.29) is 4.91 Å². The average molecular weight is 360 g/mol. The molecule has 0 saturated carbocycles. The van der Waals surface area contributed by atoms with Gasteiger partial charge in [0.1, 0.15) is 10.7 Å². The first-order valence-corrected chi connectivity index (χ1v) is 9.28. The topological polar surface area (TPSA) is 82.1 Å². The number of nitrogens with one attached hydrogen (secondary N) is 1. The molecule has 0 fully saturated rings. The lowest BCUT2D eigenvalue weighted by Gasteiger charge is -2.20. The van der Waals surface area contributed by atoms with Crippen molar-refractivity contribution in [1.29, 1.82) is 0 Å². The Morgan fingerprint density at radius 3 is 2.48 bits per heavy atom. The zero-order valence-electron chi connectivity index (χ0n) is 14.8. The van der Waals surface area contributed by atoms with E-state index in [4.69, 9.17) is 0 Å². The minimum Gasteiger partial charge on any atom is -0.477 e. The Bertz CT molecular complexity index is 721. The maximum absolute atomic E-state index is 11.5. The minimum absolute atomic E-state index is 0.192. The van der Waals surface area contributed by atoms with E-state index in [0.29, 0.717) is 5.16 Å². The lowest BCUT2D eigenvalue weighted by atomic mass is 10.2. The van der Waals surface area contributed by atoms with Crippen LogP contribution in [0.5, 0.6) is 0 Å². The lowest BCUT2D eigenvalue weighted by Crippen LogP contribution is -2.21. The molecular weight excluding hydrogens is 336 g/mol. The smallest absolute Gasteiger partial charge is 0.342 e. The summed E-state index contributed by atoms with van der Waals surface area (Å²) in [5.74, 6) is -0.210. The summed E-state index contributed by atoms with van der Waals surface area (Å²) in [6, 6.07) is 7.87. The van der Waals surface area contributed by atoms with Gasteiger partial charge in [-0.2, -0.15) is 0 Å². The van der Waals surface area contributed by atoms with Crippen molar-refractivity contribution >= 4 is 29.5 Å². The fraction of sp³-hybridized carbons (Fsp3) is 0.389. The van der Waals surface area contributed by atoms with Crippen LogP contribution in [0.1, 0.15) is 38.6 Å². The number of nitrogens with zero attached hydrogens (tertiary/aromatic N) is 3. The molecule has 0 amide bonds. The van der Waals surface area contributed by atoms with Crippen molar-refractivity contribution in [2.75, 3.05) is 18.0 Å². The number of hydrogen-bond donors (Lipinski definition) is 2. The van der Waals surface area contributed by atoms with E-state index in [2.05, 4.69) is 40.9 Å². The van der Waals surface area contributed by atoms with Crippen molar-refractivity contribution in [3.05, 3.63) is 40.6 Å². The van der Waals surface area contributed by atoms with Crippen LogP contribution in [0.4, 0.5) is 5.69 Å². The third-order valence-corrected chi connectivity index (χ3v) is 4.61. The van der Waals surface area contributed by atoms with Crippen LogP contribution < -0.4 is 4.90 Å². The number of aryl methyl sites for hydroxylation is 1. The third kappa shape index (κ3) is 5.35. The second-order valence-corrected chi connectivity index (χ2v) is 6.50. The predicted octanol–water partition coefficient (Wildman–Crippen LogP) is 3.82. The first-order valence-electron chi connectivity index (χ1n) is 8.46. The predicted molar refractivity (Wildman–Crippen MR) is 102 cm³/mol. The van der Waals surface area contributed by atoms with Gasteiger partial charge in [-0.3, -0.25) is 5.10 Å². The number of anilines is 1. The highest BCUT2D eigenvalue weighted by atomic mass is 32.2. The molecule has 0 aliphatic rings. The Hall–Kier alpha value is -2.28. The Kier molecular flexibility index (Phi) is 7.06. The molecule has 0 atom stereocenters. The van der Waals surface area contributed by atoms with E-state index in [1.165, 1.54) is 0 Å². The Balaban J connectivity index is 2.16. The van der Waals surface area contributed by atoms with Crippen LogP contribution in [0, 0.1) is 0 Å². The fourth-order valence-corrected chi connectivity index (χ4v) is 3.15. The molecule has 6 nitrogen and oxygen atoms in total. The van der Waals surface area contributed by atoms with E-state index in [9.17, 15) is 9.90 Å². The van der Waals surface area contributed by atoms with Gasteiger partial charge in [0.05, 0.1) is 0 Å². The number of aromatic nitrogens is 3. The van der Waals surface area contributed by atoms with Crippen molar-refractivity contribution in [2.24, 2.45) is 0 Å². The number of carboxylic acids is 1. The van der Waals surface area contributed by atoms with E-state index in [0.717, 1.165) is 54.8 Å². The molecule has 2 rings (SSSR count). The normalized spacial score (nSPS) is 11.6. The number of aliphatic carboxylic acids is 1. The molecule has 0 aliphatic heterocycles. The summed E-state index contributed by atoms with van der Waals surface area (Å²) >= 11 is 1.06. The molecule has 134 valence electrons. The summed E-state index contributed by atoms with van der Waals surface area (Å²) in [5.41, 5.74) is 1.97. The molecule has 1 aromatic carbocycles. The van der Waals surface area contributed by atoms with Gasteiger partial charge >= 0.3 is 5.97 Å². The molecule has 0 aliphatic carbocycles. The largest absolute Gasteiger partial charge is 0.477 e. The van der Waals surface area contributed by atoms with Crippen LogP contribution in [0.25, 0.3) is 6.08 Å². The van der Waals surface area contributed by atoms with Gasteiger partial charge in [-0.1, -0.05) is 19.1 Å². The Morgan fingerprint density at radius 2 is 1.92 bits per heavy atom. The molecule has 0 radical (unpaired) electrons. The van der Waals surface area contributed by atoms with Crippen LogP contribution in [0.15, 0.2) is 34.3 Å². The number of rotatable bonds is 9. The number of benzene rings is 1. The van der Waals surface area contributed by atoms with E-state index < -0.39 is 5.97 Å². The van der Waals surface area contributed by atoms with Crippen molar-refractivity contribution < 1.29 is 9.90 Å². The van der Waals surface area contributed by atoms with Crippen molar-refractivity contribution in [2.45, 2.75) is 38.8 Å². The third-order valence-electron chi connectivity index (χ3n) is 3.73. The summed E-state index contributed by atoms with van der Waals surface area (Å²) in [6.45, 7) is 8.15. The van der Waals surface area contributed by atoms with E-state index in [1.807, 2.05) is 24.3 Å². The van der Waals surface area contributed by atoms with Gasteiger partial charge in [-0.25, -0.2) is 9.78 Å². The summed E-state index contributed by atoms with van der Waals surface area (Å²) in [6.07, 6.45) is 3.40. The zero-order valence-corrected chi connectivity index (χ0v) is 15.6. The maximum Gasteiger partial charge on any atom is 0.342 e. The summed E-state index contributed by atoms with van der Waals surface area (Å²) in [4.78, 5) is 18.3. The molecule has 2 aromatic rings. The van der Waals surface area contributed by atoms with Gasteiger partial charge in [-0.15, -0.1) is 5.10 Å². The maximum atomic E-state index is 11.5. The Labute approximate surface area is 152 Å². The zero-order chi connectivity index (χ0) is 18.2. The molecule has 2 N–H and O–H groups in total. The van der Waals surface area contributed by atoms with Crippen LogP contribution in [0.2, 0.25) is 0 Å². The minimum atomic E-state index is -0.986. The summed E-state index contributed by atoms with van der Waals surface area (Å²) in [7, 11) is 0. The van der Waals surface area contributed by atoms with Gasteiger partial charge in [0.2, 0.25) is 5.16 Å². The van der Waals surface area contributed by atoms with Crippen molar-refractivity contribution in [3.8, 4) is 0 Å². The Morgan fingerprint density at radius 1 is 1.24 bits per heavy atom. The number of thioether (sulfide) groups is 1. The van der Waals surface area contributed by atoms with Gasteiger partial charge in [0.25, 0.3) is 0 Å². The van der Waals surface area contributed by atoms with Crippen molar-refractivity contribution in [3.63, 3.8) is 0 Å². The van der Waals surface area contributed by atoms with E-state index >= 15 is 0 Å². The van der Waals surface area contributed by atoms with Crippen LogP contribution in [0.3, 0.4) is 0 Å². The molecule has 0 saturated heterocycles. The molecule has 1 heterocycles. The lowest BCUT2D eigenvalue weighted by molar-refractivity contribution is -0.131. The van der Waals surface area contributed by atoms with E-state index in [1.54, 1.807) is 6.08 Å². The highest BCUT2D eigenvalue weighted by Gasteiger charge is 2.13. The number of carbonyl (C=O) groups is 1. The second kappa shape index (κ2) is 9.27. The number of aromatic amines is 1. The highest BCUT2D eigenvalue weighted by molar-refractivity contribution is 8.04. The highest BCUT2D eigenvalue weighted by Crippen LogP contribution is 2.26. The number of H-pyrrole nitrogens is 1. The quantitative estimate of drug-likeness (QED) is 0.522. The van der Waals surface area contributed by atoms with Crippen LogP contribution in [-0.2, 0) is 11.2 Å². The molecular formula is C18H24N4O2S. The molecule has 0 bridgehead atoms. The molecule has 0 spiro atoms. The molecule has 0 unspecified atom stereocenters. The summed E-state index contributed by atoms with van der Waals surface area (Å²) in [5, 5.41) is 16.8. The number of carboxylic acid groups (broad SMARTS) is 1. The molecule has 1 aromatic heterocycles. The van der Waals surface area contributed by atoms with Gasteiger partial charge < -0.3 is 10.0 Å². The number of hydrogen-bond acceptors (Lipinski definition) is 5. The average Bonchev–Trinajstić information content (AvgIpc) is 3.04. The fourth-order valence-electron chi connectivity index (χ4n) is 2.43. The van der Waals surface area contributed by atoms with Gasteiger partial charge in [0.15, 0.2) is 0 Å². The van der Waals surface area contributed by atoms with Gasteiger partial charge in [-0.05, 0) is 55.8 Å². The van der Waals surface area contributed by atoms with Crippen LogP contribution >= 0.6 is 11.8 Å². The SMILES string of the molecule is CCCc1nc(S/C(=C\c2ccc(N(CC)CC)cc2)C(=O)O)n[nH]1. The monoisotopic (exact) mass is 360 g/mol. The molecule has 7 heteroatoms. The standard InChI is InChI=1S/C18H24N4O2S/c1-4-7-16-19-18(21-20-16)25-15(17(23)24)12-13-8-10-14(11-9-13)22(5-2)6-3/h8-12H,4-7H2,1-3H3,(H,23,24)(H,19,20,21)/b15-12-. The van der Waals surface area contributed by atoms with Gasteiger partial charge in [0, 0.05) is 25.2 Å². The summed E-state index contributed by atoms with van der Waals surface area (Å²) < 4.78 is 0. The van der Waals surface area contributed by atoms with Crippen LogP contribution in [-0.4, -0.2) is 39.3 Å².